The molecule has 4 rings (SSSR count). The van der Waals surface area contributed by atoms with Crippen LogP contribution < -0.4 is 0 Å². The molecular formula is C17H20N2O2. The van der Waals surface area contributed by atoms with Crippen molar-refractivity contribution in [3.05, 3.63) is 36.0 Å². The molecule has 21 heavy (non-hydrogen) atoms. The fourth-order valence-electron chi connectivity index (χ4n) is 4.03. The van der Waals surface area contributed by atoms with Gasteiger partial charge in [0.15, 0.2) is 0 Å². The van der Waals surface area contributed by atoms with Crippen LogP contribution in [0.2, 0.25) is 0 Å². The molecule has 0 unspecified atom stereocenters. The van der Waals surface area contributed by atoms with Gasteiger partial charge < -0.3 is 15.0 Å². The second-order valence-corrected chi connectivity index (χ2v) is 6.38. The summed E-state index contributed by atoms with van der Waals surface area (Å²) in [5.74, 6) is 0.838. The number of para-hydroxylation sites is 1. The van der Waals surface area contributed by atoms with Gasteiger partial charge in [-0.05, 0) is 24.8 Å². The number of aliphatic hydroxyl groups is 1. The number of likely N-dealkylation sites (tertiary alicyclic amines) is 1. The average Bonchev–Trinajstić information content (AvgIpc) is 3.11. The van der Waals surface area contributed by atoms with Crippen molar-refractivity contribution in [2.24, 2.45) is 11.8 Å². The Kier molecular flexibility index (Phi) is 3.00. The fourth-order valence-corrected chi connectivity index (χ4v) is 4.03. The second-order valence-electron chi connectivity index (χ2n) is 6.38. The molecule has 0 bridgehead atoms. The van der Waals surface area contributed by atoms with Crippen molar-refractivity contribution < 1.29 is 9.90 Å². The molecule has 4 nitrogen and oxygen atoms in total. The van der Waals surface area contributed by atoms with Gasteiger partial charge in [0.25, 0.3) is 5.91 Å². The molecule has 1 aromatic carbocycles. The lowest BCUT2D eigenvalue weighted by molar-refractivity contribution is 0.0539. The number of benzene rings is 1. The summed E-state index contributed by atoms with van der Waals surface area (Å²) in [5.41, 5.74) is 1.75. The highest BCUT2D eigenvalue weighted by Gasteiger charge is 2.41. The number of fused-ring (bicyclic) bond motifs is 2. The van der Waals surface area contributed by atoms with Gasteiger partial charge >= 0.3 is 0 Å². The fraction of sp³-hybridized carbons (Fsp3) is 0.471. The Hall–Kier alpha value is -1.81. The molecule has 0 spiro atoms. The standard InChI is InChI=1S/C17H20N2O2/c20-16-7-3-4-11-9-19(10-14(11)16)17(21)13-8-18-15-6-2-1-5-12(13)15/h1-2,5-6,8,11,14,16,18,20H,3-4,7,9-10H2/t11-,14+,16-/m1/s1. The number of H-pyrrole nitrogens is 1. The Labute approximate surface area is 123 Å². The van der Waals surface area contributed by atoms with Crippen LogP contribution in [0.15, 0.2) is 30.5 Å². The minimum absolute atomic E-state index is 0.0917. The Bertz CT molecular complexity index is 678. The lowest BCUT2D eigenvalue weighted by Gasteiger charge is -2.28. The zero-order valence-corrected chi connectivity index (χ0v) is 12.0. The maximum Gasteiger partial charge on any atom is 0.256 e. The van der Waals surface area contributed by atoms with Crippen LogP contribution in [-0.2, 0) is 0 Å². The van der Waals surface area contributed by atoms with Crippen LogP contribution in [0.5, 0.6) is 0 Å². The smallest absolute Gasteiger partial charge is 0.256 e. The van der Waals surface area contributed by atoms with Crippen LogP contribution in [-0.4, -0.2) is 40.1 Å². The molecule has 1 amide bonds. The summed E-state index contributed by atoms with van der Waals surface area (Å²) in [4.78, 5) is 17.9. The Morgan fingerprint density at radius 2 is 2.10 bits per heavy atom. The van der Waals surface area contributed by atoms with Crippen molar-refractivity contribution in [2.45, 2.75) is 25.4 Å². The van der Waals surface area contributed by atoms with Crippen LogP contribution in [0.25, 0.3) is 10.9 Å². The van der Waals surface area contributed by atoms with E-state index in [1.54, 1.807) is 0 Å². The van der Waals surface area contributed by atoms with Crippen molar-refractivity contribution in [3.8, 4) is 0 Å². The SMILES string of the molecule is O=C(c1c[nH]c2ccccc12)N1C[C@H]2CCC[C@@H](O)[C@H]2C1. The number of nitrogens with zero attached hydrogens (tertiary/aromatic N) is 1. The molecule has 1 saturated heterocycles. The molecule has 2 heterocycles. The highest BCUT2D eigenvalue weighted by Crippen LogP contribution is 2.37. The van der Waals surface area contributed by atoms with E-state index in [0.29, 0.717) is 12.5 Å². The largest absolute Gasteiger partial charge is 0.393 e. The number of nitrogens with one attached hydrogen (secondary N) is 1. The minimum atomic E-state index is -0.232. The van der Waals surface area contributed by atoms with Gasteiger partial charge in [0.05, 0.1) is 11.7 Å². The maximum atomic E-state index is 12.8. The number of carbonyl (C=O) groups is 1. The van der Waals surface area contributed by atoms with E-state index in [1.807, 2.05) is 35.4 Å². The highest BCUT2D eigenvalue weighted by molar-refractivity contribution is 6.06. The van der Waals surface area contributed by atoms with Gasteiger partial charge in [0.1, 0.15) is 0 Å². The van der Waals surface area contributed by atoms with E-state index >= 15 is 0 Å². The molecule has 1 saturated carbocycles. The monoisotopic (exact) mass is 284 g/mol. The Balaban J connectivity index is 1.61. The number of aliphatic hydroxyl groups excluding tert-OH is 1. The molecular weight excluding hydrogens is 264 g/mol. The molecule has 2 N–H and O–H groups in total. The van der Waals surface area contributed by atoms with Crippen molar-refractivity contribution >= 4 is 16.8 Å². The number of aromatic amines is 1. The zero-order chi connectivity index (χ0) is 14.4. The van der Waals surface area contributed by atoms with E-state index < -0.39 is 0 Å². The zero-order valence-electron chi connectivity index (χ0n) is 12.0. The van der Waals surface area contributed by atoms with Gasteiger partial charge in [0, 0.05) is 36.1 Å². The second kappa shape index (κ2) is 4.88. The van der Waals surface area contributed by atoms with Gasteiger partial charge in [-0.15, -0.1) is 0 Å². The van der Waals surface area contributed by atoms with Crippen molar-refractivity contribution in [1.29, 1.82) is 0 Å². The van der Waals surface area contributed by atoms with E-state index in [-0.39, 0.29) is 17.9 Å². The van der Waals surface area contributed by atoms with Crippen molar-refractivity contribution in [3.63, 3.8) is 0 Å². The van der Waals surface area contributed by atoms with Crippen molar-refractivity contribution in [2.75, 3.05) is 13.1 Å². The topological polar surface area (TPSA) is 56.3 Å². The first kappa shape index (κ1) is 12.9. The molecule has 1 aliphatic heterocycles. The average molecular weight is 284 g/mol. The number of aromatic nitrogens is 1. The van der Waals surface area contributed by atoms with E-state index in [4.69, 9.17) is 0 Å². The summed E-state index contributed by atoms with van der Waals surface area (Å²) in [6, 6.07) is 7.89. The van der Waals surface area contributed by atoms with E-state index in [0.717, 1.165) is 42.3 Å². The predicted molar refractivity (Wildman–Crippen MR) is 81.0 cm³/mol. The van der Waals surface area contributed by atoms with Crippen molar-refractivity contribution in [1.82, 2.24) is 9.88 Å². The van der Waals surface area contributed by atoms with Crippen LogP contribution in [0.4, 0.5) is 0 Å². The summed E-state index contributed by atoms with van der Waals surface area (Å²) >= 11 is 0. The Morgan fingerprint density at radius 3 is 2.95 bits per heavy atom. The first-order chi connectivity index (χ1) is 10.2. The van der Waals surface area contributed by atoms with Gasteiger partial charge in [-0.3, -0.25) is 4.79 Å². The van der Waals surface area contributed by atoms with Crippen LogP contribution in [0.1, 0.15) is 29.6 Å². The summed E-state index contributed by atoms with van der Waals surface area (Å²) in [5, 5.41) is 11.1. The minimum Gasteiger partial charge on any atom is -0.393 e. The summed E-state index contributed by atoms with van der Waals surface area (Å²) in [7, 11) is 0. The number of hydrogen-bond donors (Lipinski definition) is 2. The van der Waals surface area contributed by atoms with Gasteiger partial charge in [-0.25, -0.2) is 0 Å². The first-order valence-electron chi connectivity index (χ1n) is 7.77. The van der Waals surface area contributed by atoms with Gasteiger partial charge in [-0.1, -0.05) is 24.6 Å². The molecule has 2 fully saturated rings. The predicted octanol–water partition coefficient (Wildman–Crippen LogP) is 2.40. The van der Waals surface area contributed by atoms with E-state index in [9.17, 15) is 9.90 Å². The number of carbonyl (C=O) groups excluding carboxylic acids is 1. The molecule has 0 radical (unpaired) electrons. The molecule has 1 aliphatic carbocycles. The third kappa shape index (κ3) is 2.05. The quantitative estimate of drug-likeness (QED) is 0.845. The number of hydrogen-bond acceptors (Lipinski definition) is 2. The lowest BCUT2D eigenvalue weighted by Crippen LogP contribution is -2.32. The molecule has 110 valence electrons. The van der Waals surface area contributed by atoms with E-state index in [2.05, 4.69) is 4.98 Å². The molecule has 2 aliphatic rings. The number of amides is 1. The highest BCUT2D eigenvalue weighted by atomic mass is 16.3. The van der Waals surface area contributed by atoms with Crippen LogP contribution in [0, 0.1) is 11.8 Å². The third-order valence-corrected chi connectivity index (χ3v) is 5.17. The Morgan fingerprint density at radius 1 is 1.24 bits per heavy atom. The van der Waals surface area contributed by atoms with Gasteiger partial charge in [0.2, 0.25) is 0 Å². The number of rotatable bonds is 1. The molecule has 4 heteroatoms. The van der Waals surface area contributed by atoms with E-state index in [1.165, 1.54) is 0 Å². The molecule has 3 atom stereocenters. The van der Waals surface area contributed by atoms with Crippen LogP contribution >= 0.6 is 0 Å². The first-order valence-corrected chi connectivity index (χ1v) is 7.77. The summed E-state index contributed by atoms with van der Waals surface area (Å²) < 4.78 is 0. The molecule has 2 aromatic rings. The normalized spacial score (nSPS) is 28.8. The summed E-state index contributed by atoms with van der Waals surface area (Å²) in [6.07, 6.45) is 4.68. The van der Waals surface area contributed by atoms with Crippen LogP contribution in [0.3, 0.4) is 0 Å². The third-order valence-electron chi connectivity index (χ3n) is 5.17. The lowest BCUT2D eigenvalue weighted by atomic mass is 9.80. The molecule has 1 aromatic heterocycles. The van der Waals surface area contributed by atoms with Gasteiger partial charge in [-0.2, -0.15) is 0 Å². The maximum absolute atomic E-state index is 12.8. The summed E-state index contributed by atoms with van der Waals surface area (Å²) in [6.45, 7) is 1.49.